The number of esters is 3. The smallest absolute Gasteiger partial charge is 0.461 e. The molecule has 0 bridgehead atoms. The van der Waals surface area contributed by atoms with E-state index in [-0.39, 0.29) is 19.3 Å². The first-order valence-corrected chi connectivity index (χ1v) is 30.6. The first kappa shape index (κ1) is 70.4. The van der Waals surface area contributed by atoms with Crippen LogP contribution in [0, 0.1) is 0 Å². The largest absolute Gasteiger partial charge is 0.472 e. The maximum atomic E-state index is 12.9. The number of rotatable bonds is 53. The zero-order valence-electron chi connectivity index (χ0n) is 46.8. The van der Waals surface area contributed by atoms with Gasteiger partial charge in [0.15, 0.2) is 6.10 Å². The van der Waals surface area contributed by atoms with Crippen LogP contribution in [0.25, 0.3) is 0 Å². The van der Waals surface area contributed by atoms with Gasteiger partial charge < -0.3 is 24.2 Å². The lowest BCUT2D eigenvalue weighted by molar-refractivity contribution is -0.161. The highest BCUT2D eigenvalue weighted by molar-refractivity contribution is 7.47. The third kappa shape index (κ3) is 53.2. The molecule has 0 aliphatic rings. The standard InChI is InChI=1S/C62H105O11P/c1-4-7-10-13-16-19-22-25-27-28-29-30-32-35-38-41-44-47-50-53-62(66)73-59(55-69-60(64)51-48-45-42-39-36-34-31-26-23-20-17-14-11-8-5-2)57-71-74(67,68)70-56-58(54-63)72-61(65)52-49-46-43-40-37-33-24-21-18-15-12-9-6-3/h8,11,16-17,19-21,24-27,31,36,39,45,48,58-59,63H,4-7,9-10,12-15,18,22-23,28-30,32-35,37-38,40-44,46-47,49-57H2,1-3H3,(H,67,68)/b11-8-,19-16-,20-17-,24-21-,27-25-,31-26-,39-36-,48-45-. The maximum Gasteiger partial charge on any atom is 0.472 e. The van der Waals surface area contributed by atoms with E-state index in [2.05, 4.69) is 99.8 Å². The van der Waals surface area contributed by atoms with Gasteiger partial charge in [-0.05, 0) is 103 Å². The van der Waals surface area contributed by atoms with Crippen LogP contribution in [0.2, 0.25) is 0 Å². The summed E-state index contributed by atoms with van der Waals surface area (Å²) in [6, 6.07) is 0. The van der Waals surface area contributed by atoms with Crippen molar-refractivity contribution in [1.82, 2.24) is 0 Å². The van der Waals surface area contributed by atoms with E-state index in [1.807, 2.05) is 12.2 Å². The minimum absolute atomic E-state index is 0.0101. The van der Waals surface area contributed by atoms with E-state index in [0.717, 1.165) is 103 Å². The maximum absolute atomic E-state index is 12.9. The lowest BCUT2D eigenvalue weighted by Crippen LogP contribution is -2.30. The summed E-state index contributed by atoms with van der Waals surface area (Å²) in [5.41, 5.74) is 0. The third-order valence-electron chi connectivity index (χ3n) is 12.0. The molecule has 0 aromatic heterocycles. The second-order valence-electron chi connectivity index (χ2n) is 19.1. The molecule has 0 fully saturated rings. The molecule has 0 heterocycles. The highest BCUT2D eigenvalue weighted by Gasteiger charge is 2.28. The number of unbranched alkanes of at least 4 members (excludes halogenated alkanes) is 21. The van der Waals surface area contributed by atoms with Crippen molar-refractivity contribution in [2.45, 2.75) is 251 Å². The van der Waals surface area contributed by atoms with Gasteiger partial charge in [-0.3, -0.25) is 23.4 Å². The second kappa shape index (κ2) is 55.6. The monoisotopic (exact) mass is 1060 g/mol. The fraction of sp³-hybridized carbons (Fsp3) is 0.694. The fourth-order valence-electron chi connectivity index (χ4n) is 7.57. The van der Waals surface area contributed by atoms with E-state index < -0.39 is 64.4 Å². The normalized spacial score (nSPS) is 14.1. The van der Waals surface area contributed by atoms with E-state index in [4.69, 9.17) is 23.3 Å². The molecule has 424 valence electrons. The van der Waals surface area contributed by atoms with E-state index in [1.54, 1.807) is 6.08 Å². The van der Waals surface area contributed by atoms with Crippen LogP contribution in [0.15, 0.2) is 97.2 Å². The molecule has 0 saturated heterocycles. The number of ether oxygens (including phenoxy) is 3. The van der Waals surface area contributed by atoms with Gasteiger partial charge in [0.1, 0.15) is 12.7 Å². The Bertz CT molecular complexity index is 1610. The molecular weight excluding hydrogens is 952 g/mol. The van der Waals surface area contributed by atoms with Crippen molar-refractivity contribution < 1.29 is 52.2 Å². The Hall–Kier alpha value is -3.60. The van der Waals surface area contributed by atoms with Gasteiger partial charge in [0.25, 0.3) is 0 Å². The number of phosphoric ester groups is 1. The molecule has 0 aliphatic carbocycles. The van der Waals surface area contributed by atoms with Crippen LogP contribution in [-0.4, -0.2) is 66.5 Å². The summed E-state index contributed by atoms with van der Waals surface area (Å²) in [4.78, 5) is 48.5. The Labute approximate surface area is 451 Å². The fourth-order valence-corrected chi connectivity index (χ4v) is 8.36. The summed E-state index contributed by atoms with van der Waals surface area (Å²) >= 11 is 0. The van der Waals surface area contributed by atoms with Crippen LogP contribution >= 0.6 is 7.82 Å². The predicted octanol–water partition coefficient (Wildman–Crippen LogP) is 17.3. The molecule has 0 spiro atoms. The Morgan fingerprint density at radius 2 is 0.743 bits per heavy atom. The number of hydrogen-bond acceptors (Lipinski definition) is 10. The van der Waals surface area contributed by atoms with Crippen molar-refractivity contribution in [1.29, 1.82) is 0 Å². The van der Waals surface area contributed by atoms with Crippen LogP contribution in [0.5, 0.6) is 0 Å². The molecule has 3 atom stereocenters. The highest BCUT2D eigenvalue weighted by atomic mass is 31.2. The number of carbonyl (C=O) groups is 3. The van der Waals surface area contributed by atoms with Crippen molar-refractivity contribution in [3.63, 3.8) is 0 Å². The van der Waals surface area contributed by atoms with E-state index in [0.29, 0.717) is 19.3 Å². The zero-order valence-corrected chi connectivity index (χ0v) is 47.7. The van der Waals surface area contributed by atoms with Gasteiger partial charge in [0, 0.05) is 12.8 Å². The van der Waals surface area contributed by atoms with Gasteiger partial charge in [-0.1, -0.05) is 214 Å². The predicted molar refractivity (Wildman–Crippen MR) is 307 cm³/mol. The molecule has 2 N–H and O–H groups in total. The lowest BCUT2D eigenvalue weighted by atomic mass is 10.1. The summed E-state index contributed by atoms with van der Waals surface area (Å²) < 4.78 is 39.4. The first-order chi connectivity index (χ1) is 36.2. The first-order valence-electron chi connectivity index (χ1n) is 29.1. The topological polar surface area (TPSA) is 155 Å². The molecule has 12 heteroatoms. The van der Waals surface area contributed by atoms with Crippen LogP contribution in [0.4, 0.5) is 0 Å². The number of allylic oxidation sites excluding steroid dienone is 15. The molecule has 0 saturated carbocycles. The highest BCUT2D eigenvalue weighted by Crippen LogP contribution is 2.43. The summed E-state index contributed by atoms with van der Waals surface area (Å²) in [5, 5.41) is 9.80. The van der Waals surface area contributed by atoms with E-state index in [1.165, 1.54) is 77.0 Å². The number of aliphatic hydroxyl groups excluding tert-OH is 1. The summed E-state index contributed by atoms with van der Waals surface area (Å²) in [7, 11) is -4.77. The number of carbonyl (C=O) groups excluding carboxylic acids is 3. The van der Waals surface area contributed by atoms with Gasteiger partial charge in [-0.15, -0.1) is 0 Å². The number of phosphoric acid groups is 1. The van der Waals surface area contributed by atoms with E-state index >= 15 is 0 Å². The van der Waals surface area contributed by atoms with Gasteiger partial charge in [-0.2, -0.15) is 0 Å². The zero-order chi connectivity index (χ0) is 54.1. The average Bonchev–Trinajstić information content (AvgIpc) is 3.39. The molecule has 11 nitrogen and oxygen atoms in total. The van der Waals surface area contributed by atoms with Crippen molar-refractivity contribution in [3.05, 3.63) is 97.2 Å². The Morgan fingerprint density at radius 1 is 0.405 bits per heavy atom. The molecule has 3 unspecified atom stereocenters. The molecule has 0 radical (unpaired) electrons. The molecule has 0 rings (SSSR count). The molecule has 0 aliphatic heterocycles. The second-order valence-corrected chi connectivity index (χ2v) is 20.5. The summed E-state index contributed by atoms with van der Waals surface area (Å²) in [5.74, 6) is -1.63. The molecule has 74 heavy (non-hydrogen) atoms. The van der Waals surface area contributed by atoms with Crippen LogP contribution < -0.4 is 0 Å². The van der Waals surface area contributed by atoms with Gasteiger partial charge in [0.05, 0.1) is 26.2 Å². The van der Waals surface area contributed by atoms with Gasteiger partial charge in [0.2, 0.25) is 0 Å². The van der Waals surface area contributed by atoms with Gasteiger partial charge >= 0.3 is 25.7 Å². The molecular formula is C62H105O11P. The quantitative estimate of drug-likeness (QED) is 0.0197. The minimum atomic E-state index is -4.77. The molecule has 0 amide bonds. The lowest BCUT2D eigenvalue weighted by Gasteiger charge is -2.21. The van der Waals surface area contributed by atoms with Crippen LogP contribution in [0.1, 0.15) is 239 Å². The van der Waals surface area contributed by atoms with E-state index in [9.17, 15) is 28.9 Å². The van der Waals surface area contributed by atoms with Crippen LogP contribution in [-0.2, 0) is 42.2 Å². The van der Waals surface area contributed by atoms with Gasteiger partial charge in [-0.25, -0.2) is 4.57 Å². The molecule has 0 aromatic carbocycles. The third-order valence-corrected chi connectivity index (χ3v) is 12.9. The van der Waals surface area contributed by atoms with Crippen molar-refractivity contribution in [2.75, 3.05) is 26.4 Å². The Kier molecular flexibility index (Phi) is 52.9. The summed E-state index contributed by atoms with van der Waals surface area (Å²) in [6.45, 7) is 4.37. The Balaban J connectivity index is 4.83. The van der Waals surface area contributed by atoms with Crippen molar-refractivity contribution in [3.8, 4) is 0 Å². The van der Waals surface area contributed by atoms with Crippen LogP contribution in [0.3, 0.4) is 0 Å². The number of aliphatic hydroxyl groups is 1. The van der Waals surface area contributed by atoms with Crippen molar-refractivity contribution >= 4 is 25.7 Å². The Morgan fingerprint density at radius 3 is 1.19 bits per heavy atom. The summed E-state index contributed by atoms with van der Waals surface area (Å²) in [6.07, 6.45) is 65.4. The SMILES string of the molecule is CC/C=C\C/C=C\C/C=C\C/C=C\C/C=C\CC(=O)OCC(COP(=O)(O)OCC(CO)OC(=O)CCCCCCC/C=C\CCCCCC)OC(=O)CCCCCCCCCCC/C=C\C/C=C\CCCCC. The van der Waals surface area contributed by atoms with Crippen molar-refractivity contribution in [2.24, 2.45) is 0 Å². The molecule has 0 aromatic rings. The number of hydrogen-bond donors (Lipinski definition) is 2. The minimum Gasteiger partial charge on any atom is -0.461 e. The average molecular weight is 1060 g/mol.